The van der Waals surface area contributed by atoms with Crippen LogP contribution < -0.4 is 5.73 Å². The lowest BCUT2D eigenvalue weighted by Gasteiger charge is -2.54. The predicted octanol–water partition coefficient (Wildman–Crippen LogP) is 3.02. The molecule has 2 N–H and O–H groups in total. The van der Waals surface area contributed by atoms with Crippen LogP contribution in [0.1, 0.15) is 50.5 Å². The Morgan fingerprint density at radius 3 is 2.35 bits per heavy atom. The summed E-state index contributed by atoms with van der Waals surface area (Å²) in [6, 6.07) is 4.36. The van der Waals surface area contributed by atoms with Crippen molar-refractivity contribution in [1.82, 2.24) is 4.98 Å². The van der Waals surface area contributed by atoms with Crippen molar-refractivity contribution in [3.05, 3.63) is 30.1 Å². The van der Waals surface area contributed by atoms with Crippen LogP contribution in [0, 0.1) is 5.41 Å². The highest BCUT2D eigenvalue weighted by molar-refractivity contribution is 5.25. The first-order chi connectivity index (χ1) is 8.29. The Morgan fingerprint density at radius 2 is 1.82 bits per heavy atom. The lowest BCUT2D eigenvalue weighted by Crippen LogP contribution is -2.44. The van der Waals surface area contributed by atoms with Crippen molar-refractivity contribution in [3.8, 4) is 0 Å². The van der Waals surface area contributed by atoms with Gasteiger partial charge in [-0.15, -0.1) is 0 Å². The van der Waals surface area contributed by atoms with E-state index < -0.39 is 0 Å². The molecule has 1 aromatic heterocycles. The number of nitrogens with zero attached hydrogens (tertiary/aromatic N) is 1. The normalized spacial score (nSPS) is 36.1. The van der Waals surface area contributed by atoms with Gasteiger partial charge in [0.1, 0.15) is 0 Å². The van der Waals surface area contributed by atoms with E-state index in [1.165, 1.54) is 50.5 Å². The standard InChI is InChI=1S/C15H22N2/c16-10-9-14-3-6-15(7-4-14,8-5-14)13-2-1-11-17-12-13/h1-2,11-12H,3-10,16H2. The number of hydrogen-bond acceptors (Lipinski definition) is 2. The highest BCUT2D eigenvalue weighted by Gasteiger charge is 2.48. The Balaban J connectivity index is 1.82. The van der Waals surface area contributed by atoms with E-state index in [2.05, 4.69) is 23.3 Å². The molecule has 3 aliphatic rings. The maximum atomic E-state index is 5.77. The predicted molar refractivity (Wildman–Crippen MR) is 69.7 cm³/mol. The molecule has 92 valence electrons. The van der Waals surface area contributed by atoms with Gasteiger partial charge in [0.15, 0.2) is 0 Å². The summed E-state index contributed by atoms with van der Waals surface area (Å²) in [5.41, 5.74) is 8.29. The molecular weight excluding hydrogens is 208 g/mol. The fraction of sp³-hybridized carbons (Fsp3) is 0.667. The number of nitrogens with two attached hydrogens (primary N) is 1. The molecule has 0 atom stereocenters. The van der Waals surface area contributed by atoms with E-state index in [-0.39, 0.29) is 0 Å². The Kier molecular flexibility index (Phi) is 2.70. The van der Waals surface area contributed by atoms with E-state index in [0.717, 1.165) is 6.54 Å². The summed E-state index contributed by atoms with van der Waals surface area (Å²) in [7, 11) is 0. The smallest absolute Gasteiger partial charge is 0.0305 e. The maximum Gasteiger partial charge on any atom is 0.0305 e. The molecule has 17 heavy (non-hydrogen) atoms. The summed E-state index contributed by atoms with van der Waals surface area (Å²) in [6.07, 6.45) is 13.4. The van der Waals surface area contributed by atoms with Gasteiger partial charge in [0.05, 0.1) is 0 Å². The number of pyridine rings is 1. The third-order valence-electron chi connectivity index (χ3n) is 5.35. The van der Waals surface area contributed by atoms with Crippen LogP contribution in [-0.4, -0.2) is 11.5 Å². The van der Waals surface area contributed by atoms with Crippen LogP contribution in [0.15, 0.2) is 24.5 Å². The fourth-order valence-electron chi connectivity index (χ4n) is 4.05. The molecule has 3 fully saturated rings. The van der Waals surface area contributed by atoms with Crippen molar-refractivity contribution < 1.29 is 0 Å². The fourth-order valence-corrected chi connectivity index (χ4v) is 4.05. The Labute approximate surface area is 104 Å². The molecule has 2 bridgehead atoms. The average molecular weight is 230 g/mol. The molecule has 1 heterocycles. The molecular formula is C15H22N2. The van der Waals surface area contributed by atoms with Gasteiger partial charge in [-0.05, 0) is 74.0 Å². The van der Waals surface area contributed by atoms with Crippen LogP contribution in [0.2, 0.25) is 0 Å². The molecule has 4 rings (SSSR count). The lowest BCUT2D eigenvalue weighted by molar-refractivity contribution is 0.0345. The molecule has 0 unspecified atom stereocenters. The van der Waals surface area contributed by atoms with Gasteiger partial charge in [0, 0.05) is 12.4 Å². The largest absolute Gasteiger partial charge is 0.330 e. The zero-order chi connectivity index (χ0) is 11.8. The van der Waals surface area contributed by atoms with Crippen LogP contribution in [0.4, 0.5) is 0 Å². The zero-order valence-electron chi connectivity index (χ0n) is 10.5. The summed E-state index contributed by atoms with van der Waals surface area (Å²) in [6.45, 7) is 0.861. The number of hydrogen-bond donors (Lipinski definition) is 1. The van der Waals surface area contributed by atoms with Gasteiger partial charge in [-0.2, -0.15) is 0 Å². The molecule has 0 aromatic carbocycles. The van der Waals surface area contributed by atoms with Crippen molar-refractivity contribution in [2.75, 3.05) is 6.54 Å². The zero-order valence-corrected chi connectivity index (χ0v) is 10.5. The minimum absolute atomic E-state index is 0.449. The van der Waals surface area contributed by atoms with E-state index in [1.807, 2.05) is 6.20 Å². The Hall–Kier alpha value is -0.890. The molecule has 2 nitrogen and oxygen atoms in total. The second-order valence-electron chi connectivity index (χ2n) is 6.06. The molecule has 1 aromatic rings. The van der Waals surface area contributed by atoms with Crippen LogP contribution in [0.25, 0.3) is 0 Å². The first-order valence-corrected chi connectivity index (χ1v) is 6.89. The number of fused-ring (bicyclic) bond motifs is 3. The minimum atomic E-state index is 0.449. The second-order valence-corrected chi connectivity index (χ2v) is 6.06. The van der Waals surface area contributed by atoms with Crippen molar-refractivity contribution in [1.29, 1.82) is 0 Å². The van der Waals surface area contributed by atoms with Gasteiger partial charge in [0.2, 0.25) is 0 Å². The van der Waals surface area contributed by atoms with Crippen molar-refractivity contribution >= 4 is 0 Å². The van der Waals surface area contributed by atoms with Gasteiger partial charge in [-0.1, -0.05) is 6.07 Å². The van der Waals surface area contributed by atoms with Gasteiger partial charge in [0.25, 0.3) is 0 Å². The number of rotatable bonds is 3. The van der Waals surface area contributed by atoms with Crippen LogP contribution in [0.3, 0.4) is 0 Å². The van der Waals surface area contributed by atoms with Crippen LogP contribution in [-0.2, 0) is 5.41 Å². The second kappa shape index (κ2) is 4.09. The minimum Gasteiger partial charge on any atom is -0.330 e. The van der Waals surface area contributed by atoms with Crippen molar-refractivity contribution in [2.45, 2.75) is 50.4 Å². The monoisotopic (exact) mass is 230 g/mol. The molecule has 0 saturated heterocycles. The molecule has 0 radical (unpaired) electrons. The first-order valence-electron chi connectivity index (χ1n) is 6.89. The maximum absolute atomic E-state index is 5.77. The highest BCUT2D eigenvalue weighted by atomic mass is 14.6. The van der Waals surface area contributed by atoms with E-state index in [0.29, 0.717) is 10.8 Å². The highest BCUT2D eigenvalue weighted by Crippen LogP contribution is 2.58. The summed E-state index contributed by atoms with van der Waals surface area (Å²) < 4.78 is 0. The van der Waals surface area contributed by atoms with E-state index in [9.17, 15) is 0 Å². The van der Waals surface area contributed by atoms with Gasteiger partial charge in [-0.25, -0.2) is 0 Å². The average Bonchev–Trinajstić information content (AvgIpc) is 2.42. The molecule has 0 amide bonds. The van der Waals surface area contributed by atoms with Crippen LogP contribution in [0.5, 0.6) is 0 Å². The molecule has 3 saturated carbocycles. The molecule has 0 spiro atoms. The van der Waals surface area contributed by atoms with Crippen LogP contribution >= 0.6 is 0 Å². The summed E-state index contributed by atoms with van der Waals surface area (Å²) in [5, 5.41) is 0. The lowest BCUT2D eigenvalue weighted by atomic mass is 9.51. The Bertz CT molecular complexity index is 361. The SMILES string of the molecule is NCCC12CCC(c3cccnc3)(CC1)CC2. The van der Waals surface area contributed by atoms with E-state index in [1.54, 1.807) is 0 Å². The van der Waals surface area contributed by atoms with Gasteiger partial charge in [-0.3, -0.25) is 4.98 Å². The third kappa shape index (κ3) is 1.79. The quantitative estimate of drug-likeness (QED) is 0.867. The molecule has 3 aliphatic carbocycles. The summed E-state index contributed by atoms with van der Waals surface area (Å²) in [4.78, 5) is 4.30. The van der Waals surface area contributed by atoms with E-state index in [4.69, 9.17) is 5.73 Å². The molecule has 0 aliphatic heterocycles. The van der Waals surface area contributed by atoms with Gasteiger partial charge < -0.3 is 5.73 Å². The van der Waals surface area contributed by atoms with Gasteiger partial charge >= 0.3 is 0 Å². The Morgan fingerprint density at radius 1 is 1.12 bits per heavy atom. The third-order valence-corrected chi connectivity index (χ3v) is 5.35. The summed E-state index contributed by atoms with van der Waals surface area (Å²) >= 11 is 0. The number of aromatic nitrogens is 1. The van der Waals surface area contributed by atoms with E-state index >= 15 is 0 Å². The van der Waals surface area contributed by atoms with Crippen molar-refractivity contribution in [2.24, 2.45) is 11.1 Å². The summed E-state index contributed by atoms with van der Waals surface area (Å²) in [5.74, 6) is 0. The molecule has 2 heteroatoms. The van der Waals surface area contributed by atoms with Crippen molar-refractivity contribution in [3.63, 3.8) is 0 Å². The topological polar surface area (TPSA) is 38.9 Å². The first kappa shape index (κ1) is 11.2.